The quantitative estimate of drug-likeness (QED) is 0.898. The molecule has 1 aromatic heterocycles. The smallest absolute Gasteiger partial charge is 0.411 e. The van der Waals surface area contributed by atoms with Gasteiger partial charge in [-0.15, -0.1) is 0 Å². The number of nitrogens with zero attached hydrogens (tertiary/aromatic N) is 2. The highest BCUT2D eigenvalue weighted by Gasteiger charge is 2.02. The molecule has 1 aromatic carbocycles. The van der Waals surface area contributed by atoms with Gasteiger partial charge in [0.05, 0.1) is 6.61 Å². The van der Waals surface area contributed by atoms with E-state index in [2.05, 4.69) is 15.6 Å². The molecule has 2 N–H and O–H groups in total. The van der Waals surface area contributed by atoms with E-state index in [0.717, 1.165) is 5.69 Å². The van der Waals surface area contributed by atoms with E-state index in [1.165, 1.54) is 0 Å². The zero-order valence-corrected chi connectivity index (χ0v) is 11.5. The van der Waals surface area contributed by atoms with Crippen molar-refractivity contribution in [3.05, 3.63) is 48.2 Å². The Morgan fingerprint density at radius 1 is 1.24 bits per heavy atom. The summed E-state index contributed by atoms with van der Waals surface area (Å²) in [5, 5.41) is 14.5. The molecular formula is C15H14N4O2. The second-order valence-corrected chi connectivity index (χ2v) is 4.07. The van der Waals surface area contributed by atoms with E-state index < -0.39 is 6.09 Å². The van der Waals surface area contributed by atoms with Crippen LogP contribution in [-0.4, -0.2) is 17.7 Å². The summed E-state index contributed by atoms with van der Waals surface area (Å²) in [6.45, 7) is 2.07. The zero-order chi connectivity index (χ0) is 15.1. The fraction of sp³-hybridized carbons (Fsp3) is 0.133. The molecule has 0 radical (unpaired) electrons. The van der Waals surface area contributed by atoms with Gasteiger partial charge in [0.15, 0.2) is 0 Å². The van der Waals surface area contributed by atoms with Gasteiger partial charge in [-0.05, 0) is 43.3 Å². The molecular weight excluding hydrogens is 268 g/mol. The number of benzene rings is 1. The van der Waals surface area contributed by atoms with E-state index in [4.69, 9.17) is 10.00 Å². The lowest BCUT2D eigenvalue weighted by atomic mass is 10.2. The van der Waals surface area contributed by atoms with Gasteiger partial charge in [-0.1, -0.05) is 6.07 Å². The predicted molar refractivity (Wildman–Crippen MR) is 79.3 cm³/mol. The van der Waals surface area contributed by atoms with Crippen molar-refractivity contribution in [2.45, 2.75) is 6.92 Å². The molecule has 6 heteroatoms. The number of hydrogen-bond donors (Lipinski definition) is 2. The van der Waals surface area contributed by atoms with E-state index >= 15 is 0 Å². The summed E-state index contributed by atoms with van der Waals surface area (Å²) in [6.07, 6.45) is -0.485. The maximum absolute atomic E-state index is 11.3. The van der Waals surface area contributed by atoms with Gasteiger partial charge in [0, 0.05) is 11.4 Å². The molecule has 0 saturated heterocycles. The molecule has 2 aromatic rings. The Kier molecular flexibility index (Phi) is 4.72. The summed E-state index contributed by atoms with van der Waals surface area (Å²) >= 11 is 0. The molecule has 106 valence electrons. The van der Waals surface area contributed by atoms with Crippen molar-refractivity contribution in [1.82, 2.24) is 4.98 Å². The fourth-order valence-corrected chi connectivity index (χ4v) is 1.64. The molecule has 0 saturated carbocycles. The van der Waals surface area contributed by atoms with Crippen LogP contribution in [0.15, 0.2) is 42.5 Å². The van der Waals surface area contributed by atoms with Crippen LogP contribution in [0.5, 0.6) is 0 Å². The number of hydrogen-bond acceptors (Lipinski definition) is 5. The Balaban J connectivity index is 2.02. The summed E-state index contributed by atoms with van der Waals surface area (Å²) in [5.74, 6) is 0.583. The molecule has 0 spiro atoms. The molecule has 0 aliphatic heterocycles. The number of anilines is 3. The first-order valence-corrected chi connectivity index (χ1v) is 6.39. The third kappa shape index (κ3) is 4.21. The lowest BCUT2D eigenvalue weighted by Crippen LogP contribution is -2.13. The summed E-state index contributed by atoms with van der Waals surface area (Å²) in [5.41, 5.74) is 1.78. The van der Waals surface area contributed by atoms with Gasteiger partial charge >= 0.3 is 6.09 Å². The molecule has 0 atom stereocenters. The van der Waals surface area contributed by atoms with Gasteiger partial charge in [0.25, 0.3) is 0 Å². The number of pyridine rings is 1. The first-order chi connectivity index (χ1) is 10.2. The Morgan fingerprint density at radius 3 is 2.62 bits per heavy atom. The molecule has 0 fully saturated rings. The lowest BCUT2D eigenvalue weighted by molar-refractivity contribution is 0.168. The second-order valence-electron chi connectivity index (χ2n) is 4.07. The number of rotatable bonds is 4. The highest BCUT2D eigenvalue weighted by molar-refractivity contribution is 5.84. The van der Waals surface area contributed by atoms with Crippen molar-refractivity contribution in [3.63, 3.8) is 0 Å². The van der Waals surface area contributed by atoms with Gasteiger partial charge in [-0.2, -0.15) is 5.26 Å². The fourth-order valence-electron chi connectivity index (χ4n) is 1.64. The van der Waals surface area contributed by atoms with Crippen LogP contribution in [0.2, 0.25) is 0 Å². The van der Waals surface area contributed by atoms with Crippen LogP contribution in [-0.2, 0) is 4.74 Å². The minimum atomic E-state index is -0.485. The summed E-state index contributed by atoms with van der Waals surface area (Å²) in [7, 11) is 0. The highest BCUT2D eigenvalue weighted by Crippen LogP contribution is 2.17. The van der Waals surface area contributed by atoms with Crippen molar-refractivity contribution < 1.29 is 9.53 Å². The molecule has 0 bridgehead atoms. The monoisotopic (exact) mass is 282 g/mol. The number of amides is 1. The molecule has 21 heavy (non-hydrogen) atoms. The summed E-state index contributed by atoms with van der Waals surface area (Å²) in [6, 6.07) is 14.2. The van der Waals surface area contributed by atoms with Crippen LogP contribution >= 0.6 is 0 Å². The predicted octanol–water partition coefficient (Wildman–Crippen LogP) is 3.27. The van der Waals surface area contributed by atoms with Crippen LogP contribution in [0.4, 0.5) is 22.0 Å². The number of aromatic nitrogens is 1. The first kappa shape index (κ1) is 14.3. The normalized spacial score (nSPS) is 9.52. The average molecular weight is 282 g/mol. The number of carbonyl (C=O) groups is 1. The van der Waals surface area contributed by atoms with Gasteiger partial charge in [-0.25, -0.2) is 9.78 Å². The SMILES string of the molecule is CCOC(=O)Nc1ccc(Nc2cccc(C#N)n2)cc1. The van der Waals surface area contributed by atoms with Gasteiger partial charge < -0.3 is 10.1 Å². The van der Waals surface area contributed by atoms with Gasteiger partial charge in [0.2, 0.25) is 0 Å². The summed E-state index contributed by atoms with van der Waals surface area (Å²) in [4.78, 5) is 15.4. The Labute approximate surface area is 122 Å². The van der Waals surface area contributed by atoms with E-state index in [1.54, 1.807) is 49.4 Å². The molecule has 0 unspecified atom stereocenters. The van der Waals surface area contributed by atoms with Crippen molar-refractivity contribution in [3.8, 4) is 6.07 Å². The molecule has 0 aliphatic rings. The highest BCUT2D eigenvalue weighted by atomic mass is 16.5. The maximum Gasteiger partial charge on any atom is 0.411 e. The van der Waals surface area contributed by atoms with Crippen molar-refractivity contribution in [2.24, 2.45) is 0 Å². The average Bonchev–Trinajstić information content (AvgIpc) is 2.50. The molecule has 1 heterocycles. The van der Waals surface area contributed by atoms with Gasteiger partial charge in [0.1, 0.15) is 17.6 Å². The molecule has 1 amide bonds. The zero-order valence-electron chi connectivity index (χ0n) is 11.5. The van der Waals surface area contributed by atoms with Crippen LogP contribution in [0.3, 0.4) is 0 Å². The largest absolute Gasteiger partial charge is 0.450 e. The number of nitrogens with one attached hydrogen (secondary N) is 2. The Morgan fingerprint density at radius 2 is 1.95 bits per heavy atom. The van der Waals surface area contributed by atoms with Crippen molar-refractivity contribution in [2.75, 3.05) is 17.2 Å². The van der Waals surface area contributed by atoms with Crippen molar-refractivity contribution >= 4 is 23.3 Å². The lowest BCUT2D eigenvalue weighted by Gasteiger charge is -2.08. The number of carbonyl (C=O) groups excluding carboxylic acids is 1. The Hall–Kier alpha value is -3.07. The third-order valence-electron chi connectivity index (χ3n) is 2.54. The minimum Gasteiger partial charge on any atom is -0.450 e. The number of ether oxygens (including phenoxy) is 1. The van der Waals surface area contributed by atoms with E-state index in [0.29, 0.717) is 23.8 Å². The van der Waals surface area contributed by atoms with E-state index in [1.807, 2.05) is 6.07 Å². The van der Waals surface area contributed by atoms with Crippen LogP contribution in [0.25, 0.3) is 0 Å². The van der Waals surface area contributed by atoms with E-state index in [-0.39, 0.29) is 0 Å². The third-order valence-corrected chi connectivity index (χ3v) is 2.54. The standard InChI is InChI=1S/C15H14N4O2/c1-2-21-15(20)19-12-8-6-11(7-9-12)17-14-5-3-4-13(10-16)18-14/h3-9H,2H2,1H3,(H,17,18)(H,19,20). The topological polar surface area (TPSA) is 87.0 Å². The molecule has 2 rings (SSSR count). The minimum absolute atomic E-state index is 0.326. The van der Waals surface area contributed by atoms with Crippen LogP contribution in [0.1, 0.15) is 12.6 Å². The van der Waals surface area contributed by atoms with Crippen molar-refractivity contribution in [1.29, 1.82) is 5.26 Å². The van der Waals surface area contributed by atoms with Crippen LogP contribution in [0, 0.1) is 11.3 Å². The summed E-state index contributed by atoms with van der Waals surface area (Å²) < 4.78 is 4.79. The number of nitriles is 1. The maximum atomic E-state index is 11.3. The molecule has 0 aliphatic carbocycles. The Bertz CT molecular complexity index is 662. The van der Waals surface area contributed by atoms with Crippen LogP contribution < -0.4 is 10.6 Å². The van der Waals surface area contributed by atoms with Gasteiger partial charge in [-0.3, -0.25) is 5.32 Å². The van der Waals surface area contributed by atoms with E-state index in [9.17, 15) is 4.79 Å². The first-order valence-electron chi connectivity index (χ1n) is 6.39. The molecule has 6 nitrogen and oxygen atoms in total. The second kappa shape index (κ2) is 6.91.